The van der Waals surface area contributed by atoms with Crippen LogP contribution in [0.4, 0.5) is 45.3 Å². The quantitative estimate of drug-likeness (QED) is 0.108. The van der Waals surface area contributed by atoms with Crippen LogP contribution in [0.5, 0.6) is 0 Å². The van der Waals surface area contributed by atoms with Gasteiger partial charge in [0.1, 0.15) is 22.8 Å². The van der Waals surface area contributed by atoms with Gasteiger partial charge in [0.15, 0.2) is 5.82 Å². The molecule has 5 N–H and O–H groups in total. The van der Waals surface area contributed by atoms with Gasteiger partial charge < -0.3 is 30.9 Å². The molecule has 0 saturated carbocycles. The lowest BCUT2D eigenvalue weighted by Gasteiger charge is -2.40. The lowest BCUT2D eigenvalue weighted by Crippen LogP contribution is -2.49. The van der Waals surface area contributed by atoms with Crippen LogP contribution in [0, 0.1) is 5.92 Å². The van der Waals surface area contributed by atoms with Gasteiger partial charge in [0.2, 0.25) is 11.9 Å². The molecular weight excluding hydrogens is 787 g/mol. The summed E-state index contributed by atoms with van der Waals surface area (Å²) in [6.07, 6.45) is 6.99. The summed E-state index contributed by atoms with van der Waals surface area (Å²) in [4.78, 5) is 60.1. The molecule has 17 heteroatoms. The average Bonchev–Trinajstić information content (AvgIpc) is 3.77. The van der Waals surface area contributed by atoms with E-state index in [4.69, 9.17) is 0 Å². The molecule has 9 rings (SSSR count). The highest BCUT2D eigenvalue weighted by Gasteiger charge is 2.34. The average molecular weight is 840 g/mol. The molecule has 0 bridgehead atoms. The van der Waals surface area contributed by atoms with Crippen molar-refractivity contribution < 1.29 is 19.5 Å². The molecule has 1 aliphatic carbocycles. The number of aromatic nitrogens is 5. The van der Waals surface area contributed by atoms with Crippen molar-refractivity contribution in [3.8, 4) is 0 Å². The molecule has 2 aromatic carbocycles. The zero-order valence-electron chi connectivity index (χ0n) is 35.2. The third-order valence-corrected chi connectivity index (χ3v) is 12.5. The van der Waals surface area contributed by atoms with Crippen LogP contribution in [-0.4, -0.2) is 111 Å². The molecule has 3 fully saturated rings. The molecule has 3 aliphatic heterocycles. The number of imide groups is 1. The predicted octanol–water partition coefficient (Wildman–Crippen LogP) is 4.80. The Bertz CT molecular complexity index is 2510. The molecule has 62 heavy (non-hydrogen) atoms. The fraction of sp³-hybridized carbons (Fsp3) is 0.400. The molecule has 3 saturated heterocycles. The van der Waals surface area contributed by atoms with Crippen LogP contribution in [0.3, 0.4) is 0 Å². The number of hydrogen-bond acceptors (Lipinski definition) is 13. The van der Waals surface area contributed by atoms with Crippen LogP contribution in [0.2, 0.25) is 0 Å². The number of piperazine rings is 1. The number of nitrogens with one attached hydrogen (secondary N) is 4. The number of benzene rings is 2. The van der Waals surface area contributed by atoms with E-state index in [9.17, 15) is 19.5 Å². The zero-order valence-corrected chi connectivity index (χ0v) is 35.2. The number of aliphatic hydroxyl groups is 1. The Labute approximate surface area is 360 Å². The Morgan fingerprint density at radius 1 is 0.935 bits per heavy atom. The lowest BCUT2D eigenvalue weighted by molar-refractivity contribution is -0.120. The number of pyridine rings is 1. The monoisotopic (exact) mass is 839 g/mol. The maximum atomic E-state index is 13.0. The van der Waals surface area contributed by atoms with Gasteiger partial charge in [-0.15, -0.1) is 6.58 Å². The second kappa shape index (κ2) is 17.1. The highest BCUT2D eigenvalue weighted by atomic mass is 16.3. The highest BCUT2D eigenvalue weighted by molar-refractivity contribution is 6.09. The van der Waals surface area contributed by atoms with Gasteiger partial charge in [-0.05, 0) is 92.6 Å². The number of fused-ring (bicyclic) bond motifs is 2. The number of anilines is 7. The van der Waals surface area contributed by atoms with Gasteiger partial charge in [-0.3, -0.25) is 29.4 Å². The van der Waals surface area contributed by atoms with Crippen molar-refractivity contribution in [1.82, 2.24) is 40.3 Å². The maximum Gasteiger partial charge on any atom is 0.329 e. The summed E-state index contributed by atoms with van der Waals surface area (Å²) >= 11 is 0. The van der Waals surface area contributed by atoms with E-state index in [0.717, 1.165) is 98.6 Å². The van der Waals surface area contributed by atoms with E-state index >= 15 is 0 Å². The number of urea groups is 1. The minimum atomic E-state index is -1.01. The number of nitrogens with zero attached hydrogens (tertiary/aromatic N) is 9. The first-order valence-electron chi connectivity index (χ1n) is 21.4. The minimum Gasteiger partial charge on any atom is -0.384 e. The Hall–Kier alpha value is -6.59. The molecule has 3 aromatic heterocycles. The summed E-state index contributed by atoms with van der Waals surface area (Å²) in [7, 11) is 1.89. The molecule has 5 aromatic rings. The Morgan fingerprint density at radius 3 is 2.45 bits per heavy atom. The molecule has 322 valence electrons. The van der Waals surface area contributed by atoms with Crippen LogP contribution < -0.4 is 36.0 Å². The number of aryl methyl sites for hydroxylation is 2. The summed E-state index contributed by atoms with van der Waals surface area (Å²) in [6.45, 7) is 13.1. The minimum absolute atomic E-state index is 0.256. The normalized spacial score (nSPS) is 19.7. The summed E-state index contributed by atoms with van der Waals surface area (Å²) in [5.74, 6) is 1.71. The SMILES string of the molecule is C=CCNC(=O)c1cnc(Nc2ccc(N3CCN(CC4CCN(c5ccc6c(N7CCC(=O)NC7=O)nn(C)c6c5)CC4)CC3)cc2)nc1Nc1ccc2c(n1)[C@](C)(O)CC2. The number of hydrogen-bond donors (Lipinski definition) is 5. The van der Waals surface area contributed by atoms with E-state index in [2.05, 4.69) is 86.9 Å². The van der Waals surface area contributed by atoms with E-state index in [1.165, 1.54) is 6.20 Å². The van der Waals surface area contributed by atoms with Crippen molar-refractivity contribution in [3.05, 3.63) is 90.3 Å². The van der Waals surface area contributed by atoms with Gasteiger partial charge in [0.05, 0.1) is 11.2 Å². The molecule has 0 unspecified atom stereocenters. The Kier molecular flexibility index (Phi) is 11.2. The van der Waals surface area contributed by atoms with Crippen molar-refractivity contribution in [2.24, 2.45) is 13.0 Å². The first kappa shape index (κ1) is 40.8. The number of carbonyl (C=O) groups is 3. The number of amides is 4. The predicted molar refractivity (Wildman–Crippen MR) is 240 cm³/mol. The van der Waals surface area contributed by atoms with Crippen LogP contribution in [0.1, 0.15) is 54.2 Å². The number of rotatable bonds is 12. The third kappa shape index (κ3) is 8.50. The van der Waals surface area contributed by atoms with Crippen molar-refractivity contribution in [2.75, 3.05) is 84.2 Å². The van der Waals surface area contributed by atoms with E-state index < -0.39 is 11.6 Å². The maximum absolute atomic E-state index is 13.0. The number of carbonyl (C=O) groups excluding carboxylic acids is 3. The lowest BCUT2D eigenvalue weighted by atomic mass is 9.95. The number of piperidine rings is 1. The molecule has 4 aliphatic rings. The Balaban J connectivity index is 0.771. The molecule has 0 radical (unpaired) electrons. The zero-order chi connectivity index (χ0) is 43.0. The van der Waals surface area contributed by atoms with Gasteiger partial charge in [0, 0.05) is 101 Å². The van der Waals surface area contributed by atoms with Gasteiger partial charge in [0.25, 0.3) is 5.91 Å². The van der Waals surface area contributed by atoms with Gasteiger partial charge in [-0.2, -0.15) is 10.1 Å². The third-order valence-electron chi connectivity index (χ3n) is 12.5. The Morgan fingerprint density at radius 2 is 1.69 bits per heavy atom. The summed E-state index contributed by atoms with van der Waals surface area (Å²) in [5, 5.41) is 28.1. The van der Waals surface area contributed by atoms with Crippen molar-refractivity contribution in [2.45, 2.75) is 44.6 Å². The van der Waals surface area contributed by atoms with E-state index in [1.807, 2.05) is 42.1 Å². The van der Waals surface area contributed by atoms with Crippen molar-refractivity contribution in [3.63, 3.8) is 0 Å². The van der Waals surface area contributed by atoms with Gasteiger partial charge in [-0.25, -0.2) is 14.8 Å². The summed E-state index contributed by atoms with van der Waals surface area (Å²) < 4.78 is 1.82. The van der Waals surface area contributed by atoms with E-state index in [-0.39, 0.29) is 23.8 Å². The highest BCUT2D eigenvalue weighted by Crippen LogP contribution is 2.37. The fourth-order valence-electron chi connectivity index (χ4n) is 9.01. The smallest absolute Gasteiger partial charge is 0.329 e. The topological polar surface area (TPSA) is 189 Å². The summed E-state index contributed by atoms with van der Waals surface area (Å²) in [6, 6.07) is 17.9. The van der Waals surface area contributed by atoms with Gasteiger partial charge in [-0.1, -0.05) is 12.1 Å². The molecular formula is C45H53N13O4. The van der Waals surface area contributed by atoms with Crippen LogP contribution in [-0.2, 0) is 23.9 Å². The van der Waals surface area contributed by atoms with Crippen LogP contribution in [0.25, 0.3) is 10.9 Å². The van der Waals surface area contributed by atoms with Crippen molar-refractivity contribution >= 4 is 69.2 Å². The molecule has 1 atom stereocenters. The molecule has 6 heterocycles. The van der Waals surface area contributed by atoms with Crippen LogP contribution >= 0.6 is 0 Å². The standard InChI is InChI=1S/C45H53N13O4/c1-4-18-46-42(60)35-27-47-43(52-40(35)50-37-12-5-30-13-17-45(2,62)39(30)49-37)48-31-6-8-32(9-7-31)57-24-22-55(23-25-57)28-29-14-19-56(20-15-29)33-10-11-34-36(26-33)54(3)53-41(34)58-21-16-38(59)51-44(58)61/h4-12,26-27,29,62H,1,13-25,28H2,2-3H3,(H,46,60)(H,51,59,61)(H2,47,48,49,50,52)/t45-/m1/s1. The second-order valence-corrected chi connectivity index (χ2v) is 16.9. The molecule has 0 spiro atoms. The van der Waals surface area contributed by atoms with E-state index in [0.29, 0.717) is 54.5 Å². The van der Waals surface area contributed by atoms with Crippen LogP contribution in [0.15, 0.2) is 73.4 Å². The summed E-state index contributed by atoms with van der Waals surface area (Å²) in [5.41, 5.74) is 4.99. The molecule has 4 amide bonds. The first-order chi connectivity index (χ1) is 30.0. The fourth-order valence-corrected chi connectivity index (χ4v) is 9.01. The largest absolute Gasteiger partial charge is 0.384 e. The van der Waals surface area contributed by atoms with Crippen molar-refractivity contribution in [1.29, 1.82) is 0 Å². The first-order valence-corrected chi connectivity index (χ1v) is 21.4. The van der Waals surface area contributed by atoms with Gasteiger partial charge >= 0.3 is 6.03 Å². The van der Waals surface area contributed by atoms with E-state index in [1.54, 1.807) is 17.9 Å². The molecule has 17 nitrogen and oxygen atoms in total. The second-order valence-electron chi connectivity index (χ2n) is 16.9.